The molecule has 25 heavy (non-hydrogen) atoms. The van der Waals surface area contributed by atoms with Gasteiger partial charge in [0.05, 0.1) is 0 Å². The number of piperidine rings is 1. The van der Waals surface area contributed by atoms with Crippen LogP contribution in [0.4, 0.5) is 11.5 Å². The zero-order valence-electron chi connectivity index (χ0n) is 14.4. The largest absolute Gasteiger partial charge is 0.358 e. The second kappa shape index (κ2) is 6.96. The van der Waals surface area contributed by atoms with Crippen LogP contribution in [0.2, 0.25) is 0 Å². The number of hydrogen-bond acceptors (Lipinski definition) is 4. The summed E-state index contributed by atoms with van der Waals surface area (Å²) in [6, 6.07) is 10.9. The van der Waals surface area contributed by atoms with E-state index in [1.165, 1.54) is 17.7 Å². The molecule has 1 aliphatic heterocycles. The molecule has 7 heteroatoms. The third kappa shape index (κ3) is 3.50. The van der Waals surface area contributed by atoms with E-state index in [9.17, 15) is 14.4 Å². The Morgan fingerprint density at radius 3 is 2.32 bits per heavy atom. The standard InChI is InChI=1S/C18H22N4O3/c1-20-15(12-16(23)21(2)18(20)25)22-10-8-13(9-11-22)17(24)19-14-6-4-3-5-7-14/h3-7,12-13H,8-11H2,1-2H3,(H,19,24). The molecule has 0 aliphatic carbocycles. The van der Waals surface area contributed by atoms with E-state index in [2.05, 4.69) is 5.32 Å². The van der Waals surface area contributed by atoms with Crippen molar-refractivity contribution in [2.75, 3.05) is 23.3 Å². The quantitative estimate of drug-likeness (QED) is 0.901. The summed E-state index contributed by atoms with van der Waals surface area (Å²) in [6.45, 7) is 1.26. The van der Waals surface area contributed by atoms with Crippen molar-refractivity contribution in [3.05, 3.63) is 57.2 Å². The summed E-state index contributed by atoms with van der Waals surface area (Å²) in [5, 5.41) is 2.94. The van der Waals surface area contributed by atoms with Gasteiger partial charge in [0.2, 0.25) is 5.91 Å². The fraction of sp³-hybridized carbons (Fsp3) is 0.389. The summed E-state index contributed by atoms with van der Waals surface area (Å²) in [5.41, 5.74) is 0.136. The van der Waals surface area contributed by atoms with Gasteiger partial charge >= 0.3 is 5.69 Å². The Kier molecular flexibility index (Phi) is 4.74. The molecule has 1 aromatic heterocycles. The molecule has 2 heterocycles. The molecule has 1 N–H and O–H groups in total. The Labute approximate surface area is 145 Å². The van der Waals surface area contributed by atoms with Gasteiger partial charge in [-0.05, 0) is 25.0 Å². The maximum Gasteiger partial charge on any atom is 0.332 e. The van der Waals surface area contributed by atoms with E-state index in [0.29, 0.717) is 31.7 Å². The van der Waals surface area contributed by atoms with Crippen molar-refractivity contribution in [1.82, 2.24) is 9.13 Å². The zero-order chi connectivity index (χ0) is 18.0. The molecule has 7 nitrogen and oxygen atoms in total. The summed E-state index contributed by atoms with van der Waals surface area (Å²) in [7, 11) is 3.12. The number of para-hydroxylation sites is 1. The lowest BCUT2D eigenvalue weighted by atomic mass is 9.95. The molecule has 1 aromatic carbocycles. The van der Waals surface area contributed by atoms with Crippen molar-refractivity contribution < 1.29 is 4.79 Å². The molecule has 0 radical (unpaired) electrons. The van der Waals surface area contributed by atoms with Crippen molar-refractivity contribution in [1.29, 1.82) is 0 Å². The Balaban J connectivity index is 1.67. The van der Waals surface area contributed by atoms with E-state index in [4.69, 9.17) is 0 Å². The molecular weight excluding hydrogens is 320 g/mol. The number of carbonyl (C=O) groups excluding carboxylic acids is 1. The minimum absolute atomic E-state index is 0.0173. The lowest BCUT2D eigenvalue weighted by molar-refractivity contribution is -0.120. The first-order valence-corrected chi connectivity index (χ1v) is 8.35. The van der Waals surface area contributed by atoms with Gasteiger partial charge in [-0.25, -0.2) is 4.79 Å². The number of nitrogens with zero attached hydrogens (tertiary/aromatic N) is 3. The van der Waals surface area contributed by atoms with E-state index in [1.54, 1.807) is 7.05 Å². The molecule has 1 amide bonds. The van der Waals surface area contributed by atoms with Crippen LogP contribution >= 0.6 is 0 Å². The minimum atomic E-state index is -0.341. The van der Waals surface area contributed by atoms with Crippen LogP contribution in [0.3, 0.4) is 0 Å². The van der Waals surface area contributed by atoms with E-state index < -0.39 is 0 Å². The van der Waals surface area contributed by atoms with Gasteiger partial charge in [0.1, 0.15) is 5.82 Å². The molecule has 1 fully saturated rings. The van der Waals surface area contributed by atoms with Crippen LogP contribution in [-0.2, 0) is 18.9 Å². The van der Waals surface area contributed by atoms with Gasteiger partial charge in [0.25, 0.3) is 5.56 Å². The summed E-state index contributed by atoms with van der Waals surface area (Å²) in [6.07, 6.45) is 1.37. The maximum absolute atomic E-state index is 12.4. The first kappa shape index (κ1) is 17.0. The molecule has 0 spiro atoms. The number of anilines is 2. The fourth-order valence-corrected chi connectivity index (χ4v) is 3.16. The highest BCUT2D eigenvalue weighted by atomic mass is 16.2. The second-order valence-corrected chi connectivity index (χ2v) is 6.36. The summed E-state index contributed by atoms with van der Waals surface area (Å²) >= 11 is 0. The summed E-state index contributed by atoms with van der Waals surface area (Å²) in [5.74, 6) is 0.554. The average molecular weight is 342 g/mol. The highest BCUT2D eigenvalue weighted by Crippen LogP contribution is 2.22. The lowest BCUT2D eigenvalue weighted by Gasteiger charge is -2.33. The molecule has 132 valence electrons. The molecule has 0 bridgehead atoms. The second-order valence-electron chi connectivity index (χ2n) is 6.36. The van der Waals surface area contributed by atoms with Gasteiger partial charge < -0.3 is 10.2 Å². The highest BCUT2D eigenvalue weighted by molar-refractivity contribution is 5.92. The molecule has 0 saturated carbocycles. The minimum Gasteiger partial charge on any atom is -0.358 e. The number of rotatable bonds is 3. The molecule has 1 aliphatic rings. The van der Waals surface area contributed by atoms with Gasteiger partial charge in [0, 0.05) is 44.9 Å². The van der Waals surface area contributed by atoms with E-state index in [-0.39, 0.29) is 23.1 Å². The van der Waals surface area contributed by atoms with Crippen molar-refractivity contribution in [2.45, 2.75) is 12.8 Å². The first-order chi connectivity index (χ1) is 12.0. The molecule has 0 unspecified atom stereocenters. The van der Waals surface area contributed by atoms with Crippen LogP contribution in [0.15, 0.2) is 46.0 Å². The van der Waals surface area contributed by atoms with Crippen LogP contribution < -0.4 is 21.5 Å². The Hall–Kier alpha value is -2.83. The van der Waals surface area contributed by atoms with Crippen LogP contribution in [0, 0.1) is 5.92 Å². The van der Waals surface area contributed by atoms with Gasteiger partial charge in [-0.1, -0.05) is 18.2 Å². The number of aromatic nitrogens is 2. The topological polar surface area (TPSA) is 76.3 Å². The Morgan fingerprint density at radius 2 is 1.68 bits per heavy atom. The average Bonchev–Trinajstić information content (AvgIpc) is 2.64. The third-order valence-electron chi connectivity index (χ3n) is 4.73. The third-order valence-corrected chi connectivity index (χ3v) is 4.73. The van der Waals surface area contributed by atoms with Crippen LogP contribution in [0.5, 0.6) is 0 Å². The summed E-state index contributed by atoms with van der Waals surface area (Å²) in [4.78, 5) is 38.3. The normalized spacial score (nSPS) is 15.2. The van der Waals surface area contributed by atoms with Crippen molar-refractivity contribution in [3.8, 4) is 0 Å². The lowest BCUT2D eigenvalue weighted by Crippen LogP contribution is -2.44. The van der Waals surface area contributed by atoms with Crippen molar-refractivity contribution in [3.63, 3.8) is 0 Å². The molecule has 1 saturated heterocycles. The monoisotopic (exact) mass is 342 g/mol. The van der Waals surface area contributed by atoms with Gasteiger partial charge in [-0.15, -0.1) is 0 Å². The number of benzene rings is 1. The highest BCUT2D eigenvalue weighted by Gasteiger charge is 2.26. The van der Waals surface area contributed by atoms with Gasteiger partial charge in [-0.3, -0.25) is 18.7 Å². The van der Waals surface area contributed by atoms with Crippen LogP contribution in [0.25, 0.3) is 0 Å². The number of carbonyl (C=O) groups is 1. The predicted octanol–water partition coefficient (Wildman–Crippen LogP) is 0.939. The predicted molar refractivity (Wildman–Crippen MR) is 96.9 cm³/mol. The van der Waals surface area contributed by atoms with Crippen molar-refractivity contribution >= 4 is 17.4 Å². The number of amides is 1. The molecular formula is C18H22N4O3. The SMILES string of the molecule is Cn1c(N2CCC(C(=O)Nc3ccccc3)CC2)cc(=O)n(C)c1=O. The van der Waals surface area contributed by atoms with E-state index in [0.717, 1.165) is 10.3 Å². The molecule has 3 rings (SSSR count). The van der Waals surface area contributed by atoms with Crippen LogP contribution in [-0.4, -0.2) is 28.1 Å². The summed E-state index contributed by atoms with van der Waals surface area (Å²) < 4.78 is 2.56. The molecule has 2 aromatic rings. The first-order valence-electron chi connectivity index (χ1n) is 8.35. The Morgan fingerprint density at radius 1 is 1.04 bits per heavy atom. The van der Waals surface area contributed by atoms with Gasteiger partial charge in [0.15, 0.2) is 0 Å². The Bertz CT molecular complexity index is 877. The number of nitrogens with one attached hydrogen (secondary N) is 1. The van der Waals surface area contributed by atoms with E-state index in [1.807, 2.05) is 35.2 Å². The zero-order valence-corrected chi connectivity index (χ0v) is 14.4. The number of hydrogen-bond donors (Lipinski definition) is 1. The van der Waals surface area contributed by atoms with Crippen molar-refractivity contribution in [2.24, 2.45) is 20.0 Å². The molecule has 0 atom stereocenters. The van der Waals surface area contributed by atoms with Gasteiger partial charge in [-0.2, -0.15) is 0 Å². The fourth-order valence-electron chi connectivity index (χ4n) is 3.16. The van der Waals surface area contributed by atoms with E-state index >= 15 is 0 Å². The smallest absolute Gasteiger partial charge is 0.332 e. The maximum atomic E-state index is 12.4. The van der Waals surface area contributed by atoms with Crippen LogP contribution in [0.1, 0.15) is 12.8 Å².